The SMILES string of the molecule is CC1CCC(NS(=O)(=O)c2ccc(CN)c(Cl)c2)C1C. The molecule has 3 unspecified atom stereocenters. The van der Waals surface area contributed by atoms with Crippen molar-refractivity contribution in [2.45, 2.75) is 44.2 Å². The number of nitrogens with one attached hydrogen (secondary N) is 1. The Morgan fingerprint density at radius 3 is 2.55 bits per heavy atom. The second-order valence-corrected chi connectivity index (χ2v) is 7.72. The lowest BCUT2D eigenvalue weighted by Crippen LogP contribution is -2.37. The lowest BCUT2D eigenvalue weighted by atomic mass is 9.98. The predicted octanol–water partition coefficient (Wildman–Crippen LogP) is 2.51. The van der Waals surface area contributed by atoms with Gasteiger partial charge in [-0.05, 0) is 42.4 Å². The molecule has 1 aliphatic carbocycles. The predicted molar refractivity (Wildman–Crippen MR) is 81.0 cm³/mol. The Bertz CT molecular complexity index is 589. The molecule has 112 valence electrons. The van der Waals surface area contributed by atoms with Crippen molar-refractivity contribution in [3.8, 4) is 0 Å². The molecule has 6 heteroatoms. The number of hydrogen-bond donors (Lipinski definition) is 2. The van der Waals surface area contributed by atoms with Gasteiger partial charge in [0.25, 0.3) is 0 Å². The lowest BCUT2D eigenvalue weighted by Gasteiger charge is -2.19. The van der Waals surface area contributed by atoms with Gasteiger partial charge in [-0.25, -0.2) is 13.1 Å². The van der Waals surface area contributed by atoms with E-state index in [0.29, 0.717) is 23.4 Å². The molecule has 0 aromatic heterocycles. The monoisotopic (exact) mass is 316 g/mol. The summed E-state index contributed by atoms with van der Waals surface area (Å²) < 4.78 is 27.6. The van der Waals surface area contributed by atoms with Crippen LogP contribution in [0, 0.1) is 11.8 Å². The summed E-state index contributed by atoms with van der Waals surface area (Å²) in [4.78, 5) is 0.200. The summed E-state index contributed by atoms with van der Waals surface area (Å²) in [5, 5.41) is 0.392. The highest BCUT2D eigenvalue weighted by atomic mass is 35.5. The standard InChI is InChI=1S/C14H21ClN2O2S/c1-9-3-6-14(10(9)2)17-20(18,19)12-5-4-11(8-16)13(15)7-12/h4-5,7,9-10,14,17H,3,6,8,16H2,1-2H3. The van der Waals surface area contributed by atoms with Gasteiger partial charge in [0.2, 0.25) is 10.0 Å². The molecule has 1 aliphatic rings. The van der Waals surface area contributed by atoms with Gasteiger partial charge in [0, 0.05) is 17.6 Å². The first kappa shape index (κ1) is 15.8. The molecule has 1 aromatic rings. The van der Waals surface area contributed by atoms with Crippen LogP contribution in [0.25, 0.3) is 0 Å². The van der Waals surface area contributed by atoms with E-state index in [9.17, 15) is 8.42 Å². The van der Waals surface area contributed by atoms with Gasteiger partial charge in [0.15, 0.2) is 0 Å². The number of hydrogen-bond acceptors (Lipinski definition) is 3. The number of rotatable bonds is 4. The maximum atomic E-state index is 12.4. The third-order valence-corrected chi connectivity index (χ3v) is 6.17. The molecule has 1 aromatic carbocycles. The van der Waals surface area contributed by atoms with E-state index in [1.54, 1.807) is 12.1 Å². The Kier molecular flexibility index (Phi) is 4.74. The first-order valence-electron chi connectivity index (χ1n) is 6.86. The van der Waals surface area contributed by atoms with Gasteiger partial charge in [-0.3, -0.25) is 0 Å². The minimum absolute atomic E-state index is 0.00274. The third-order valence-electron chi connectivity index (χ3n) is 4.33. The van der Waals surface area contributed by atoms with Gasteiger partial charge in [-0.1, -0.05) is 31.5 Å². The van der Waals surface area contributed by atoms with Crippen molar-refractivity contribution in [1.29, 1.82) is 0 Å². The highest BCUT2D eigenvalue weighted by Crippen LogP contribution is 2.32. The Morgan fingerprint density at radius 1 is 1.35 bits per heavy atom. The molecule has 20 heavy (non-hydrogen) atoms. The third kappa shape index (κ3) is 3.17. The van der Waals surface area contributed by atoms with Crippen molar-refractivity contribution >= 4 is 21.6 Å². The van der Waals surface area contributed by atoms with Crippen molar-refractivity contribution < 1.29 is 8.42 Å². The summed E-state index contributed by atoms with van der Waals surface area (Å²) >= 11 is 6.03. The average molecular weight is 317 g/mol. The summed E-state index contributed by atoms with van der Waals surface area (Å²) in [5.74, 6) is 0.898. The molecule has 1 fully saturated rings. The van der Waals surface area contributed by atoms with E-state index in [4.69, 9.17) is 17.3 Å². The van der Waals surface area contributed by atoms with Crippen LogP contribution in [0.1, 0.15) is 32.3 Å². The fourth-order valence-corrected chi connectivity index (χ4v) is 4.37. The van der Waals surface area contributed by atoms with Crippen molar-refractivity contribution in [2.24, 2.45) is 17.6 Å². The van der Waals surface area contributed by atoms with Crippen LogP contribution in [0.5, 0.6) is 0 Å². The van der Waals surface area contributed by atoms with E-state index in [1.165, 1.54) is 6.07 Å². The van der Waals surface area contributed by atoms with Crippen LogP contribution in [-0.4, -0.2) is 14.5 Å². The van der Waals surface area contributed by atoms with Crippen molar-refractivity contribution in [2.75, 3.05) is 0 Å². The fraction of sp³-hybridized carbons (Fsp3) is 0.571. The highest BCUT2D eigenvalue weighted by molar-refractivity contribution is 7.89. The Morgan fingerprint density at radius 2 is 2.05 bits per heavy atom. The first-order valence-corrected chi connectivity index (χ1v) is 8.72. The van der Waals surface area contributed by atoms with Crippen molar-refractivity contribution in [3.05, 3.63) is 28.8 Å². The smallest absolute Gasteiger partial charge is 0.240 e. The first-order chi connectivity index (χ1) is 9.35. The molecule has 0 aliphatic heterocycles. The van der Waals surface area contributed by atoms with Gasteiger partial charge in [0.1, 0.15) is 0 Å². The van der Waals surface area contributed by atoms with Crippen molar-refractivity contribution in [3.63, 3.8) is 0 Å². The normalized spacial score (nSPS) is 26.9. The summed E-state index contributed by atoms with van der Waals surface area (Å²) in [5.41, 5.74) is 6.27. The van der Waals surface area contributed by atoms with E-state index in [-0.39, 0.29) is 10.9 Å². The van der Waals surface area contributed by atoms with Crippen LogP contribution < -0.4 is 10.5 Å². The Hall–Kier alpha value is -0.620. The molecule has 0 radical (unpaired) electrons. The molecular weight excluding hydrogens is 296 g/mol. The second kappa shape index (κ2) is 6.02. The van der Waals surface area contributed by atoms with Gasteiger partial charge >= 0.3 is 0 Å². The molecular formula is C14H21ClN2O2S. The number of nitrogens with two attached hydrogens (primary N) is 1. The summed E-state index contributed by atoms with van der Waals surface area (Å²) in [7, 11) is -3.52. The molecule has 0 saturated heterocycles. The lowest BCUT2D eigenvalue weighted by molar-refractivity contribution is 0.402. The van der Waals surface area contributed by atoms with Crippen LogP contribution in [0.15, 0.2) is 23.1 Å². The number of benzene rings is 1. The number of halogens is 1. The summed E-state index contributed by atoms with van der Waals surface area (Å²) in [6.07, 6.45) is 1.94. The van der Waals surface area contributed by atoms with Crippen molar-refractivity contribution in [1.82, 2.24) is 4.72 Å². The molecule has 2 rings (SSSR count). The summed E-state index contributed by atoms with van der Waals surface area (Å²) in [6.45, 7) is 4.55. The molecule has 0 spiro atoms. The molecule has 4 nitrogen and oxygen atoms in total. The molecule has 0 amide bonds. The molecule has 0 heterocycles. The molecule has 3 atom stereocenters. The Balaban J connectivity index is 2.20. The maximum Gasteiger partial charge on any atom is 0.240 e. The zero-order chi connectivity index (χ0) is 14.9. The minimum atomic E-state index is -3.52. The highest BCUT2D eigenvalue weighted by Gasteiger charge is 2.33. The summed E-state index contributed by atoms with van der Waals surface area (Å²) in [6, 6.07) is 4.69. The van der Waals surface area contributed by atoms with E-state index < -0.39 is 10.0 Å². The Labute approximate surface area is 125 Å². The van der Waals surface area contributed by atoms with E-state index >= 15 is 0 Å². The van der Waals surface area contributed by atoms with E-state index in [0.717, 1.165) is 18.4 Å². The van der Waals surface area contributed by atoms with Crippen LogP contribution >= 0.6 is 11.6 Å². The fourth-order valence-electron chi connectivity index (χ4n) is 2.66. The van der Waals surface area contributed by atoms with E-state index in [1.807, 2.05) is 0 Å². The number of sulfonamides is 1. The zero-order valence-electron chi connectivity index (χ0n) is 11.8. The maximum absolute atomic E-state index is 12.4. The zero-order valence-corrected chi connectivity index (χ0v) is 13.3. The quantitative estimate of drug-likeness (QED) is 0.896. The molecule has 0 bridgehead atoms. The van der Waals surface area contributed by atoms with Crippen LogP contribution in [0.3, 0.4) is 0 Å². The molecule has 3 N–H and O–H groups in total. The second-order valence-electron chi connectivity index (χ2n) is 5.60. The topological polar surface area (TPSA) is 72.2 Å². The largest absolute Gasteiger partial charge is 0.326 e. The minimum Gasteiger partial charge on any atom is -0.326 e. The van der Waals surface area contributed by atoms with Crippen LogP contribution in [0.4, 0.5) is 0 Å². The van der Waals surface area contributed by atoms with Gasteiger partial charge in [-0.15, -0.1) is 0 Å². The van der Waals surface area contributed by atoms with Crippen LogP contribution in [0.2, 0.25) is 5.02 Å². The van der Waals surface area contributed by atoms with Crippen LogP contribution in [-0.2, 0) is 16.6 Å². The average Bonchev–Trinajstić information content (AvgIpc) is 2.70. The van der Waals surface area contributed by atoms with Gasteiger partial charge in [0.05, 0.1) is 4.90 Å². The van der Waals surface area contributed by atoms with Gasteiger partial charge in [-0.2, -0.15) is 0 Å². The van der Waals surface area contributed by atoms with Gasteiger partial charge < -0.3 is 5.73 Å². The molecule has 1 saturated carbocycles. The van der Waals surface area contributed by atoms with E-state index in [2.05, 4.69) is 18.6 Å².